The van der Waals surface area contributed by atoms with Crippen molar-refractivity contribution in [2.75, 3.05) is 0 Å². The molecule has 2 rings (SSSR count). The van der Waals surface area contributed by atoms with Gasteiger partial charge >= 0.3 is 0 Å². The summed E-state index contributed by atoms with van der Waals surface area (Å²) >= 11 is 0. The van der Waals surface area contributed by atoms with E-state index in [-0.39, 0.29) is 11.8 Å². The molecule has 0 bridgehead atoms. The summed E-state index contributed by atoms with van der Waals surface area (Å²) in [5.74, 6) is 0.276. The lowest BCUT2D eigenvalue weighted by Gasteiger charge is -2.05. The molecule has 1 atom stereocenters. The molecule has 17 heavy (non-hydrogen) atoms. The average molecular weight is 225 g/mol. The molecular weight excluding hydrogens is 210 g/mol. The Morgan fingerprint density at radius 1 is 1.00 bits per heavy atom. The van der Waals surface area contributed by atoms with E-state index in [4.69, 9.17) is 5.11 Å². The van der Waals surface area contributed by atoms with E-state index in [9.17, 15) is 0 Å². The molecule has 0 spiro atoms. The van der Waals surface area contributed by atoms with Crippen molar-refractivity contribution >= 4 is 6.21 Å². The Bertz CT molecular complexity index is 488. The number of rotatable bonds is 3. The number of hydrogen-bond donors (Lipinski definition) is 1. The van der Waals surface area contributed by atoms with E-state index < -0.39 is 0 Å². The highest BCUT2D eigenvalue weighted by atomic mass is 16.3. The van der Waals surface area contributed by atoms with Gasteiger partial charge in [0.25, 0.3) is 0 Å². The highest BCUT2D eigenvalue weighted by molar-refractivity contribution is 5.79. The van der Waals surface area contributed by atoms with Gasteiger partial charge < -0.3 is 5.11 Å². The molecular formula is C15H15NO. The second-order valence-corrected chi connectivity index (χ2v) is 3.96. The normalized spacial score (nSPS) is 12.8. The highest BCUT2D eigenvalue weighted by Crippen LogP contribution is 2.16. The maximum absolute atomic E-state index is 9.17. The first-order chi connectivity index (χ1) is 8.25. The molecule has 0 saturated carbocycles. The SMILES string of the molecule is C[C@H](N=Cc1ccc(O)cc1)c1ccccc1. The molecule has 0 aromatic heterocycles. The number of phenols is 1. The Morgan fingerprint density at radius 3 is 2.29 bits per heavy atom. The van der Waals surface area contributed by atoms with Gasteiger partial charge in [-0.25, -0.2) is 0 Å². The topological polar surface area (TPSA) is 32.6 Å². The summed E-state index contributed by atoms with van der Waals surface area (Å²) < 4.78 is 0. The Kier molecular flexibility index (Phi) is 3.55. The van der Waals surface area contributed by atoms with Gasteiger partial charge in [-0.3, -0.25) is 4.99 Å². The van der Waals surface area contributed by atoms with Crippen molar-refractivity contribution in [3.63, 3.8) is 0 Å². The van der Waals surface area contributed by atoms with E-state index in [0.29, 0.717) is 0 Å². The van der Waals surface area contributed by atoms with Gasteiger partial charge in [0.05, 0.1) is 6.04 Å². The van der Waals surface area contributed by atoms with Crippen molar-refractivity contribution in [3.05, 3.63) is 65.7 Å². The Labute approximate surface area is 101 Å². The maximum atomic E-state index is 9.17. The summed E-state index contributed by atoms with van der Waals surface area (Å²) in [5.41, 5.74) is 2.19. The molecule has 2 aromatic carbocycles. The van der Waals surface area contributed by atoms with Crippen molar-refractivity contribution in [2.45, 2.75) is 13.0 Å². The van der Waals surface area contributed by atoms with Crippen molar-refractivity contribution in [3.8, 4) is 5.75 Å². The lowest BCUT2D eigenvalue weighted by atomic mass is 10.1. The van der Waals surface area contributed by atoms with Gasteiger partial charge in [0.2, 0.25) is 0 Å². The van der Waals surface area contributed by atoms with E-state index in [1.165, 1.54) is 5.56 Å². The zero-order valence-corrected chi connectivity index (χ0v) is 9.75. The quantitative estimate of drug-likeness (QED) is 0.796. The highest BCUT2D eigenvalue weighted by Gasteiger charge is 2.00. The standard InChI is InChI=1S/C15H15NO/c1-12(14-5-3-2-4-6-14)16-11-13-7-9-15(17)10-8-13/h2-12,17H,1H3/t12-/m0/s1. The molecule has 1 N–H and O–H groups in total. The van der Waals surface area contributed by atoms with Gasteiger partial charge in [-0.05, 0) is 42.3 Å². The van der Waals surface area contributed by atoms with E-state index >= 15 is 0 Å². The van der Waals surface area contributed by atoms with Crippen LogP contribution in [0.4, 0.5) is 0 Å². The largest absolute Gasteiger partial charge is 0.508 e. The van der Waals surface area contributed by atoms with Gasteiger partial charge in [0.15, 0.2) is 0 Å². The molecule has 0 fully saturated rings. The van der Waals surface area contributed by atoms with E-state index in [2.05, 4.69) is 24.0 Å². The van der Waals surface area contributed by atoms with Crippen LogP contribution < -0.4 is 0 Å². The summed E-state index contributed by atoms with van der Waals surface area (Å²) in [5, 5.41) is 9.17. The first-order valence-corrected chi connectivity index (χ1v) is 5.63. The number of phenolic OH excluding ortho intramolecular Hbond substituents is 1. The zero-order chi connectivity index (χ0) is 12.1. The van der Waals surface area contributed by atoms with Gasteiger partial charge in [-0.2, -0.15) is 0 Å². The van der Waals surface area contributed by atoms with Gasteiger partial charge in [-0.1, -0.05) is 30.3 Å². The molecule has 86 valence electrons. The fraction of sp³-hybridized carbons (Fsp3) is 0.133. The molecule has 0 aliphatic rings. The van der Waals surface area contributed by atoms with Crippen LogP contribution in [0.3, 0.4) is 0 Å². The van der Waals surface area contributed by atoms with Crippen LogP contribution in [0.5, 0.6) is 5.75 Å². The third kappa shape index (κ3) is 3.18. The Balaban J connectivity index is 2.08. The zero-order valence-electron chi connectivity index (χ0n) is 9.75. The molecule has 0 radical (unpaired) electrons. The second-order valence-electron chi connectivity index (χ2n) is 3.96. The average Bonchev–Trinajstić information content (AvgIpc) is 2.39. The van der Waals surface area contributed by atoms with Crippen LogP contribution in [0, 0.1) is 0 Å². The van der Waals surface area contributed by atoms with Crippen LogP contribution in [0.1, 0.15) is 24.1 Å². The fourth-order valence-electron chi connectivity index (χ4n) is 1.58. The van der Waals surface area contributed by atoms with Crippen molar-refractivity contribution in [2.24, 2.45) is 4.99 Å². The molecule has 0 aliphatic carbocycles. The third-order valence-electron chi connectivity index (χ3n) is 2.62. The molecule has 2 aromatic rings. The minimum absolute atomic E-state index is 0.144. The second kappa shape index (κ2) is 5.30. The number of aromatic hydroxyl groups is 1. The van der Waals surface area contributed by atoms with E-state index in [0.717, 1.165) is 5.56 Å². The van der Waals surface area contributed by atoms with Crippen molar-refractivity contribution in [1.82, 2.24) is 0 Å². The summed E-state index contributed by atoms with van der Waals surface area (Å²) in [7, 11) is 0. The van der Waals surface area contributed by atoms with E-state index in [1.54, 1.807) is 12.1 Å². The van der Waals surface area contributed by atoms with Crippen molar-refractivity contribution < 1.29 is 5.11 Å². The number of hydrogen-bond acceptors (Lipinski definition) is 2. The number of aliphatic imine (C=N–C) groups is 1. The molecule has 0 unspecified atom stereocenters. The number of benzene rings is 2. The predicted molar refractivity (Wildman–Crippen MR) is 70.6 cm³/mol. The fourth-order valence-corrected chi connectivity index (χ4v) is 1.58. The number of nitrogens with zero attached hydrogens (tertiary/aromatic N) is 1. The summed E-state index contributed by atoms with van der Waals surface area (Å²) in [6.07, 6.45) is 1.83. The Hall–Kier alpha value is -2.09. The lowest BCUT2D eigenvalue weighted by Crippen LogP contribution is -1.90. The molecule has 2 heteroatoms. The van der Waals surface area contributed by atoms with E-state index in [1.807, 2.05) is 36.5 Å². The van der Waals surface area contributed by atoms with Gasteiger partial charge in [0, 0.05) is 6.21 Å². The van der Waals surface area contributed by atoms with Crippen LogP contribution in [0.25, 0.3) is 0 Å². The minimum Gasteiger partial charge on any atom is -0.508 e. The van der Waals surface area contributed by atoms with Crippen molar-refractivity contribution in [1.29, 1.82) is 0 Å². The summed E-state index contributed by atoms with van der Waals surface area (Å²) in [4.78, 5) is 4.49. The van der Waals surface area contributed by atoms with Crippen LogP contribution in [-0.2, 0) is 0 Å². The predicted octanol–water partition coefficient (Wildman–Crippen LogP) is 3.57. The molecule has 0 heterocycles. The van der Waals surface area contributed by atoms with Crippen LogP contribution in [-0.4, -0.2) is 11.3 Å². The first-order valence-electron chi connectivity index (χ1n) is 5.63. The van der Waals surface area contributed by atoms with Crippen LogP contribution >= 0.6 is 0 Å². The lowest BCUT2D eigenvalue weighted by molar-refractivity contribution is 0.475. The smallest absolute Gasteiger partial charge is 0.115 e. The van der Waals surface area contributed by atoms with Crippen LogP contribution in [0.2, 0.25) is 0 Å². The summed E-state index contributed by atoms with van der Waals surface area (Å²) in [6.45, 7) is 2.06. The monoisotopic (exact) mass is 225 g/mol. The van der Waals surface area contributed by atoms with Gasteiger partial charge in [-0.15, -0.1) is 0 Å². The third-order valence-corrected chi connectivity index (χ3v) is 2.62. The molecule has 0 saturated heterocycles. The Morgan fingerprint density at radius 2 is 1.65 bits per heavy atom. The first kappa shape index (κ1) is 11.4. The molecule has 2 nitrogen and oxygen atoms in total. The van der Waals surface area contributed by atoms with Crippen LogP contribution in [0.15, 0.2) is 59.6 Å². The summed E-state index contributed by atoms with van der Waals surface area (Å²) in [6, 6.07) is 17.3. The molecule has 0 aliphatic heterocycles. The molecule has 0 amide bonds. The maximum Gasteiger partial charge on any atom is 0.115 e. The van der Waals surface area contributed by atoms with Gasteiger partial charge in [0.1, 0.15) is 5.75 Å². The minimum atomic E-state index is 0.144.